The lowest BCUT2D eigenvalue weighted by atomic mass is 9.93. The molecule has 0 saturated heterocycles. The fourth-order valence-electron chi connectivity index (χ4n) is 1.72. The predicted octanol–water partition coefficient (Wildman–Crippen LogP) is 3.47. The van der Waals surface area contributed by atoms with Gasteiger partial charge in [-0.25, -0.2) is 0 Å². The number of benzene rings is 1. The van der Waals surface area contributed by atoms with Crippen molar-refractivity contribution in [3.63, 3.8) is 0 Å². The highest BCUT2D eigenvalue weighted by Crippen LogP contribution is 2.31. The summed E-state index contributed by atoms with van der Waals surface area (Å²) in [5.74, 6) is 1.84. The molecule has 0 radical (unpaired) electrons. The molecule has 0 bridgehead atoms. The minimum atomic E-state index is 0.0381. The first-order valence-electron chi connectivity index (χ1n) is 5.90. The molecule has 0 aliphatic heterocycles. The third kappa shape index (κ3) is 2.76. The van der Waals surface area contributed by atoms with Crippen molar-refractivity contribution in [2.45, 2.75) is 39.7 Å². The largest absolute Gasteiger partial charge is 0.496 e. The van der Waals surface area contributed by atoms with Crippen LogP contribution >= 0.6 is 0 Å². The van der Waals surface area contributed by atoms with Crippen molar-refractivity contribution >= 4 is 0 Å². The maximum Gasteiger partial charge on any atom is 0.123 e. The van der Waals surface area contributed by atoms with Crippen LogP contribution in [0.5, 0.6) is 5.75 Å². The number of ether oxygens (including phenoxy) is 1. The van der Waals surface area contributed by atoms with Crippen molar-refractivity contribution in [2.75, 3.05) is 7.11 Å². The highest BCUT2D eigenvalue weighted by molar-refractivity contribution is 5.40. The number of methoxy groups -OCH3 is 1. The Morgan fingerprint density at radius 1 is 1.12 bits per heavy atom. The van der Waals surface area contributed by atoms with Crippen LogP contribution in [-0.2, 0) is 0 Å². The van der Waals surface area contributed by atoms with E-state index in [2.05, 4.69) is 45.9 Å². The van der Waals surface area contributed by atoms with E-state index in [1.54, 1.807) is 7.11 Å². The SMILES string of the molecule is COc1cc(C(C)C)ccc1C(N)C(C)C. The summed E-state index contributed by atoms with van der Waals surface area (Å²) in [7, 11) is 1.70. The second-order valence-electron chi connectivity index (χ2n) is 4.93. The van der Waals surface area contributed by atoms with Crippen LogP contribution in [0, 0.1) is 5.92 Å². The topological polar surface area (TPSA) is 35.2 Å². The summed E-state index contributed by atoms with van der Waals surface area (Å²) in [5, 5.41) is 0. The maximum atomic E-state index is 6.16. The van der Waals surface area contributed by atoms with E-state index in [1.165, 1.54) is 5.56 Å². The van der Waals surface area contributed by atoms with Crippen molar-refractivity contribution in [1.29, 1.82) is 0 Å². The normalized spacial score (nSPS) is 13.2. The van der Waals surface area contributed by atoms with Gasteiger partial charge in [0.25, 0.3) is 0 Å². The van der Waals surface area contributed by atoms with E-state index in [0.717, 1.165) is 11.3 Å². The van der Waals surface area contributed by atoms with Gasteiger partial charge in [0.1, 0.15) is 5.75 Å². The van der Waals surface area contributed by atoms with Gasteiger partial charge in [-0.15, -0.1) is 0 Å². The van der Waals surface area contributed by atoms with Crippen LogP contribution in [0.15, 0.2) is 18.2 Å². The van der Waals surface area contributed by atoms with Crippen LogP contribution in [0.25, 0.3) is 0 Å². The third-order valence-electron chi connectivity index (χ3n) is 3.00. The van der Waals surface area contributed by atoms with E-state index in [4.69, 9.17) is 10.5 Å². The molecule has 90 valence electrons. The minimum Gasteiger partial charge on any atom is -0.496 e. The monoisotopic (exact) mass is 221 g/mol. The van der Waals surface area contributed by atoms with Gasteiger partial charge in [-0.05, 0) is 23.5 Å². The molecule has 0 fully saturated rings. The van der Waals surface area contributed by atoms with Crippen LogP contribution in [0.4, 0.5) is 0 Å². The Kier molecular flexibility index (Phi) is 4.36. The number of nitrogens with two attached hydrogens (primary N) is 1. The summed E-state index contributed by atoms with van der Waals surface area (Å²) in [6.07, 6.45) is 0. The third-order valence-corrected chi connectivity index (χ3v) is 3.00. The highest BCUT2D eigenvalue weighted by Gasteiger charge is 2.16. The molecule has 0 aromatic heterocycles. The van der Waals surface area contributed by atoms with Crippen LogP contribution in [0.3, 0.4) is 0 Å². The average molecular weight is 221 g/mol. The highest BCUT2D eigenvalue weighted by atomic mass is 16.5. The van der Waals surface area contributed by atoms with Crippen molar-refractivity contribution in [2.24, 2.45) is 11.7 Å². The Labute approximate surface area is 98.8 Å². The summed E-state index contributed by atoms with van der Waals surface area (Å²) in [6.45, 7) is 8.61. The van der Waals surface area contributed by atoms with E-state index in [0.29, 0.717) is 11.8 Å². The Bertz CT molecular complexity index is 345. The molecule has 1 unspecified atom stereocenters. The maximum absolute atomic E-state index is 6.16. The molecule has 1 rings (SSSR count). The molecule has 2 heteroatoms. The standard InChI is InChI=1S/C14H23NO/c1-9(2)11-6-7-12(13(8-11)16-5)14(15)10(3)4/h6-10,14H,15H2,1-5H3. The average Bonchev–Trinajstić information content (AvgIpc) is 2.26. The number of hydrogen-bond donors (Lipinski definition) is 1. The molecule has 0 spiro atoms. The van der Waals surface area contributed by atoms with E-state index in [1.807, 2.05) is 0 Å². The quantitative estimate of drug-likeness (QED) is 0.845. The van der Waals surface area contributed by atoms with Crippen LogP contribution in [0.2, 0.25) is 0 Å². The van der Waals surface area contributed by atoms with Crippen molar-refractivity contribution in [1.82, 2.24) is 0 Å². The predicted molar refractivity (Wildman–Crippen MR) is 68.8 cm³/mol. The smallest absolute Gasteiger partial charge is 0.123 e. The van der Waals surface area contributed by atoms with Gasteiger partial charge in [0.2, 0.25) is 0 Å². The summed E-state index contributed by atoms with van der Waals surface area (Å²) in [4.78, 5) is 0. The van der Waals surface area contributed by atoms with E-state index in [-0.39, 0.29) is 6.04 Å². The Morgan fingerprint density at radius 2 is 1.75 bits per heavy atom. The molecule has 0 aliphatic rings. The van der Waals surface area contributed by atoms with E-state index in [9.17, 15) is 0 Å². The molecular weight excluding hydrogens is 198 g/mol. The molecule has 0 aliphatic carbocycles. The fraction of sp³-hybridized carbons (Fsp3) is 0.571. The molecule has 0 amide bonds. The summed E-state index contributed by atoms with van der Waals surface area (Å²) in [6, 6.07) is 6.38. The molecule has 0 saturated carbocycles. The zero-order valence-electron chi connectivity index (χ0n) is 10.9. The van der Waals surface area contributed by atoms with Crippen LogP contribution in [0.1, 0.15) is 50.8 Å². The first-order valence-corrected chi connectivity index (χ1v) is 5.90. The van der Waals surface area contributed by atoms with Crippen molar-refractivity contribution in [3.05, 3.63) is 29.3 Å². The summed E-state index contributed by atoms with van der Waals surface area (Å²) in [5.41, 5.74) is 8.55. The number of hydrogen-bond acceptors (Lipinski definition) is 2. The van der Waals surface area contributed by atoms with Gasteiger partial charge in [-0.2, -0.15) is 0 Å². The van der Waals surface area contributed by atoms with E-state index >= 15 is 0 Å². The van der Waals surface area contributed by atoms with Gasteiger partial charge in [0.15, 0.2) is 0 Å². The Hall–Kier alpha value is -1.02. The lowest BCUT2D eigenvalue weighted by molar-refractivity contribution is 0.395. The molecule has 2 N–H and O–H groups in total. The number of rotatable bonds is 4. The molecular formula is C14H23NO. The van der Waals surface area contributed by atoms with Gasteiger partial charge in [0.05, 0.1) is 7.11 Å². The fourth-order valence-corrected chi connectivity index (χ4v) is 1.72. The lowest BCUT2D eigenvalue weighted by Crippen LogP contribution is -2.17. The molecule has 0 heterocycles. The van der Waals surface area contributed by atoms with Crippen molar-refractivity contribution < 1.29 is 4.74 Å². The second-order valence-corrected chi connectivity index (χ2v) is 4.93. The van der Waals surface area contributed by atoms with Crippen molar-refractivity contribution in [3.8, 4) is 5.75 Å². The zero-order valence-corrected chi connectivity index (χ0v) is 10.9. The first kappa shape index (κ1) is 13.0. The molecule has 16 heavy (non-hydrogen) atoms. The van der Waals surface area contributed by atoms with Gasteiger partial charge in [-0.1, -0.05) is 39.8 Å². The Balaban J connectivity index is 3.11. The van der Waals surface area contributed by atoms with Crippen LogP contribution in [-0.4, -0.2) is 7.11 Å². The molecule has 1 atom stereocenters. The summed E-state index contributed by atoms with van der Waals surface area (Å²) < 4.78 is 5.43. The van der Waals surface area contributed by atoms with Gasteiger partial charge < -0.3 is 10.5 Å². The zero-order chi connectivity index (χ0) is 12.3. The van der Waals surface area contributed by atoms with Crippen LogP contribution < -0.4 is 10.5 Å². The van der Waals surface area contributed by atoms with Gasteiger partial charge in [-0.3, -0.25) is 0 Å². The lowest BCUT2D eigenvalue weighted by Gasteiger charge is -2.20. The second kappa shape index (κ2) is 5.35. The molecule has 1 aromatic carbocycles. The van der Waals surface area contributed by atoms with E-state index < -0.39 is 0 Å². The molecule has 1 aromatic rings. The molecule has 2 nitrogen and oxygen atoms in total. The van der Waals surface area contributed by atoms with Gasteiger partial charge >= 0.3 is 0 Å². The first-order chi connectivity index (χ1) is 7.47. The minimum absolute atomic E-state index is 0.0381. The Morgan fingerprint density at radius 3 is 2.19 bits per heavy atom. The summed E-state index contributed by atoms with van der Waals surface area (Å²) >= 11 is 0. The van der Waals surface area contributed by atoms with Gasteiger partial charge in [0, 0.05) is 11.6 Å².